The van der Waals surface area contributed by atoms with Crippen molar-refractivity contribution >= 4 is 34.3 Å². The molecule has 3 rings (SSSR count). The Hall–Kier alpha value is -2.74. The van der Waals surface area contributed by atoms with Crippen LogP contribution in [-0.4, -0.2) is 45.9 Å². The number of nitrogens with one attached hydrogen (secondary N) is 1. The number of thiazole rings is 1. The summed E-state index contributed by atoms with van der Waals surface area (Å²) < 4.78 is 0. The second kappa shape index (κ2) is 8.77. The van der Waals surface area contributed by atoms with E-state index in [2.05, 4.69) is 10.3 Å². The Bertz CT molecular complexity index is 821. The van der Waals surface area contributed by atoms with Crippen molar-refractivity contribution in [1.29, 1.82) is 0 Å². The van der Waals surface area contributed by atoms with Gasteiger partial charge >= 0.3 is 5.97 Å². The molecule has 1 saturated heterocycles. The maximum absolute atomic E-state index is 12.5. The zero-order valence-electron chi connectivity index (χ0n) is 14.8. The van der Waals surface area contributed by atoms with Crippen molar-refractivity contribution in [3.05, 3.63) is 47.0 Å². The summed E-state index contributed by atoms with van der Waals surface area (Å²) in [5, 5.41) is 13.8. The molecule has 0 radical (unpaired) electrons. The van der Waals surface area contributed by atoms with E-state index >= 15 is 0 Å². The van der Waals surface area contributed by atoms with Crippen molar-refractivity contribution in [2.24, 2.45) is 5.92 Å². The second-order valence-corrected chi connectivity index (χ2v) is 7.36. The topological polar surface area (TPSA) is 99.6 Å². The summed E-state index contributed by atoms with van der Waals surface area (Å²) in [5.41, 5.74) is 1.32. The maximum Gasteiger partial charge on any atom is 0.308 e. The van der Waals surface area contributed by atoms with Gasteiger partial charge in [-0.2, -0.15) is 0 Å². The van der Waals surface area contributed by atoms with Gasteiger partial charge in [-0.25, -0.2) is 4.98 Å². The number of aliphatic carboxylic acids is 1. The predicted molar refractivity (Wildman–Crippen MR) is 102 cm³/mol. The van der Waals surface area contributed by atoms with Crippen LogP contribution in [0.4, 0.5) is 5.13 Å². The molecule has 2 aromatic rings. The van der Waals surface area contributed by atoms with Gasteiger partial charge in [-0.3, -0.25) is 14.4 Å². The predicted octanol–water partition coefficient (Wildman–Crippen LogP) is 2.65. The highest BCUT2D eigenvalue weighted by molar-refractivity contribution is 7.14. The van der Waals surface area contributed by atoms with Crippen molar-refractivity contribution in [3.8, 4) is 0 Å². The lowest BCUT2D eigenvalue weighted by Crippen LogP contribution is -2.42. The normalized spacial score (nSPS) is 16.7. The monoisotopic (exact) mass is 387 g/mol. The molecule has 0 saturated carbocycles. The molecule has 2 amide bonds. The Morgan fingerprint density at radius 3 is 2.78 bits per heavy atom. The number of hydrogen-bond donors (Lipinski definition) is 2. The van der Waals surface area contributed by atoms with Crippen LogP contribution in [0.1, 0.15) is 35.3 Å². The summed E-state index contributed by atoms with van der Waals surface area (Å²) in [6.07, 6.45) is 2.21. The van der Waals surface area contributed by atoms with E-state index in [-0.39, 0.29) is 24.1 Å². The molecule has 0 bridgehead atoms. The zero-order chi connectivity index (χ0) is 19.2. The minimum absolute atomic E-state index is 0.156. The number of piperidine rings is 1. The zero-order valence-corrected chi connectivity index (χ0v) is 15.6. The first-order valence-electron chi connectivity index (χ1n) is 8.84. The van der Waals surface area contributed by atoms with E-state index in [0.717, 1.165) is 5.56 Å². The number of rotatable bonds is 6. The fraction of sp³-hybridized carbons (Fsp3) is 0.368. The van der Waals surface area contributed by atoms with Crippen LogP contribution >= 0.6 is 11.3 Å². The van der Waals surface area contributed by atoms with Gasteiger partial charge in [0.15, 0.2) is 5.13 Å². The van der Waals surface area contributed by atoms with Crippen LogP contribution in [0.15, 0.2) is 35.7 Å². The van der Waals surface area contributed by atoms with Crippen LogP contribution in [-0.2, 0) is 16.0 Å². The fourth-order valence-electron chi connectivity index (χ4n) is 3.04. The lowest BCUT2D eigenvalue weighted by atomic mass is 9.98. The van der Waals surface area contributed by atoms with Crippen molar-refractivity contribution in [1.82, 2.24) is 9.88 Å². The number of hydrogen-bond acceptors (Lipinski definition) is 5. The molecule has 1 aliphatic heterocycles. The molecule has 1 aromatic heterocycles. The van der Waals surface area contributed by atoms with Gasteiger partial charge in [0.05, 0.1) is 5.92 Å². The molecule has 0 aliphatic carbocycles. The SMILES string of the molecule is O=C(CCc1ccccc1)Nc1nc(C(=O)N2CCCC(C(=O)O)C2)cs1. The van der Waals surface area contributed by atoms with Crippen LogP contribution in [0, 0.1) is 5.92 Å². The molecule has 1 fully saturated rings. The fourth-order valence-corrected chi connectivity index (χ4v) is 3.74. The molecule has 142 valence electrons. The van der Waals surface area contributed by atoms with E-state index in [9.17, 15) is 14.4 Å². The van der Waals surface area contributed by atoms with Gasteiger partial charge in [-0.15, -0.1) is 11.3 Å². The molecule has 1 atom stereocenters. The molecule has 2 heterocycles. The number of carbonyl (C=O) groups is 3. The van der Waals surface area contributed by atoms with Gasteiger partial charge in [0.1, 0.15) is 5.69 Å². The van der Waals surface area contributed by atoms with Crippen LogP contribution < -0.4 is 5.32 Å². The molecule has 7 nitrogen and oxygen atoms in total. The summed E-state index contributed by atoms with van der Waals surface area (Å²) in [4.78, 5) is 41.5. The Morgan fingerprint density at radius 1 is 1.26 bits per heavy atom. The lowest BCUT2D eigenvalue weighted by Gasteiger charge is -2.30. The van der Waals surface area contributed by atoms with Gasteiger partial charge in [0.25, 0.3) is 5.91 Å². The average Bonchev–Trinajstić information content (AvgIpc) is 3.15. The third-order valence-electron chi connectivity index (χ3n) is 4.51. The minimum atomic E-state index is -0.878. The molecule has 1 unspecified atom stereocenters. The van der Waals surface area contributed by atoms with E-state index in [0.29, 0.717) is 37.4 Å². The van der Waals surface area contributed by atoms with Gasteiger partial charge in [0, 0.05) is 24.9 Å². The highest BCUT2D eigenvalue weighted by atomic mass is 32.1. The Kier molecular flexibility index (Phi) is 6.18. The Labute approximate surface area is 161 Å². The highest BCUT2D eigenvalue weighted by Gasteiger charge is 2.29. The van der Waals surface area contributed by atoms with Crippen molar-refractivity contribution in [2.45, 2.75) is 25.7 Å². The summed E-state index contributed by atoms with van der Waals surface area (Å²) in [6, 6.07) is 9.73. The molecule has 1 aromatic carbocycles. The number of carboxylic acid groups (broad SMARTS) is 1. The quantitative estimate of drug-likeness (QED) is 0.794. The molecule has 27 heavy (non-hydrogen) atoms. The number of aromatic nitrogens is 1. The smallest absolute Gasteiger partial charge is 0.308 e. The van der Waals surface area contributed by atoms with Crippen LogP contribution in [0.25, 0.3) is 0 Å². The van der Waals surface area contributed by atoms with Gasteiger partial charge in [-0.1, -0.05) is 30.3 Å². The number of benzene rings is 1. The first-order chi connectivity index (χ1) is 13.0. The van der Waals surface area contributed by atoms with Gasteiger partial charge in [-0.05, 0) is 24.8 Å². The van der Waals surface area contributed by atoms with Crippen LogP contribution in [0.2, 0.25) is 0 Å². The summed E-state index contributed by atoms with van der Waals surface area (Å²) in [6.45, 7) is 0.726. The molecule has 8 heteroatoms. The lowest BCUT2D eigenvalue weighted by molar-refractivity contribution is -0.143. The number of nitrogens with zero attached hydrogens (tertiary/aromatic N) is 2. The van der Waals surface area contributed by atoms with E-state index in [1.807, 2.05) is 30.3 Å². The maximum atomic E-state index is 12.5. The van der Waals surface area contributed by atoms with Crippen LogP contribution in [0.5, 0.6) is 0 Å². The molecular weight excluding hydrogens is 366 g/mol. The molecule has 2 N–H and O–H groups in total. The molecule has 1 aliphatic rings. The Morgan fingerprint density at radius 2 is 2.04 bits per heavy atom. The van der Waals surface area contributed by atoms with E-state index in [1.165, 1.54) is 16.2 Å². The van der Waals surface area contributed by atoms with Gasteiger partial charge < -0.3 is 15.3 Å². The average molecular weight is 387 g/mol. The van der Waals surface area contributed by atoms with E-state index in [1.54, 1.807) is 5.38 Å². The van der Waals surface area contributed by atoms with Crippen molar-refractivity contribution in [2.75, 3.05) is 18.4 Å². The Balaban J connectivity index is 1.53. The minimum Gasteiger partial charge on any atom is -0.481 e. The van der Waals surface area contributed by atoms with Gasteiger partial charge in [0.2, 0.25) is 5.91 Å². The molecule has 0 spiro atoms. The first-order valence-corrected chi connectivity index (χ1v) is 9.72. The van der Waals surface area contributed by atoms with E-state index in [4.69, 9.17) is 5.11 Å². The molecular formula is C19H21N3O4S. The highest BCUT2D eigenvalue weighted by Crippen LogP contribution is 2.21. The largest absolute Gasteiger partial charge is 0.481 e. The van der Waals surface area contributed by atoms with Crippen molar-refractivity contribution in [3.63, 3.8) is 0 Å². The van der Waals surface area contributed by atoms with Crippen molar-refractivity contribution < 1.29 is 19.5 Å². The number of carboxylic acids is 1. The number of carbonyl (C=O) groups excluding carboxylic acids is 2. The number of aryl methyl sites for hydroxylation is 1. The standard InChI is InChI=1S/C19H21N3O4S/c23-16(9-8-13-5-2-1-3-6-13)21-19-20-15(12-27-19)17(24)22-10-4-7-14(11-22)18(25)26/h1-3,5-6,12,14H,4,7-11H2,(H,25,26)(H,20,21,23). The third kappa shape index (κ3) is 5.13. The number of anilines is 1. The van der Waals surface area contributed by atoms with Crippen LogP contribution in [0.3, 0.4) is 0 Å². The first kappa shape index (κ1) is 19.0. The van der Waals surface area contributed by atoms with E-state index < -0.39 is 11.9 Å². The second-order valence-electron chi connectivity index (χ2n) is 6.50. The summed E-state index contributed by atoms with van der Waals surface area (Å²) >= 11 is 1.19. The summed E-state index contributed by atoms with van der Waals surface area (Å²) in [5.74, 6) is -1.85. The number of amides is 2. The number of likely N-dealkylation sites (tertiary alicyclic amines) is 1. The third-order valence-corrected chi connectivity index (χ3v) is 5.27. The summed E-state index contributed by atoms with van der Waals surface area (Å²) in [7, 11) is 0.